The van der Waals surface area contributed by atoms with E-state index in [-0.39, 0.29) is 34.4 Å². The molecule has 5 rings (SSSR count). The zero-order chi connectivity index (χ0) is 32.9. The van der Waals surface area contributed by atoms with Gasteiger partial charge in [-0.05, 0) is 61.9 Å². The molecule has 0 saturated carbocycles. The molecule has 2 amide bonds. The van der Waals surface area contributed by atoms with Gasteiger partial charge < -0.3 is 34.9 Å². The van der Waals surface area contributed by atoms with Crippen LogP contribution in [0.1, 0.15) is 31.4 Å². The van der Waals surface area contributed by atoms with Crippen LogP contribution in [0.15, 0.2) is 47.4 Å². The SMILES string of the molecule is COc1cc(S(C)(=O)=O)ccc1NCC#Cc1cc2c(NC(=O)NC3CCN(C4CCOCC4)CC3)cccc2n1CC(F)(F)F. The summed E-state index contributed by atoms with van der Waals surface area (Å²) in [5.74, 6) is 5.95. The van der Waals surface area contributed by atoms with Gasteiger partial charge in [0, 0.05) is 56.1 Å². The van der Waals surface area contributed by atoms with Crippen molar-refractivity contribution in [3.8, 4) is 17.6 Å². The molecule has 3 aromatic rings. The molecule has 2 aliphatic rings. The Morgan fingerprint density at radius 2 is 1.80 bits per heavy atom. The monoisotopic (exact) mass is 661 g/mol. The fourth-order valence-electron chi connectivity index (χ4n) is 5.97. The van der Waals surface area contributed by atoms with Crippen molar-refractivity contribution < 1.29 is 35.9 Å². The van der Waals surface area contributed by atoms with E-state index in [0.717, 1.165) is 62.8 Å². The third-order valence-corrected chi connectivity index (χ3v) is 9.40. The second kappa shape index (κ2) is 14.2. The molecule has 0 spiro atoms. The predicted octanol–water partition coefficient (Wildman–Crippen LogP) is 4.84. The lowest BCUT2D eigenvalue weighted by molar-refractivity contribution is -0.140. The number of nitrogens with zero attached hydrogens (tertiary/aromatic N) is 2. The van der Waals surface area contributed by atoms with Crippen molar-refractivity contribution in [3.05, 3.63) is 48.2 Å². The van der Waals surface area contributed by atoms with Crippen LogP contribution in [0.3, 0.4) is 0 Å². The molecule has 248 valence electrons. The summed E-state index contributed by atoms with van der Waals surface area (Å²) in [7, 11) is -2.04. The molecule has 2 aromatic carbocycles. The number of hydrogen-bond acceptors (Lipinski definition) is 7. The molecule has 0 atom stereocenters. The molecule has 14 heteroatoms. The summed E-state index contributed by atoms with van der Waals surface area (Å²) in [5.41, 5.74) is 1.28. The topological polar surface area (TPSA) is 114 Å². The van der Waals surface area contributed by atoms with Gasteiger partial charge in [-0.25, -0.2) is 13.2 Å². The van der Waals surface area contributed by atoms with Crippen molar-refractivity contribution in [2.24, 2.45) is 0 Å². The molecule has 2 saturated heterocycles. The first-order chi connectivity index (χ1) is 21.9. The number of carbonyl (C=O) groups excluding carboxylic acids is 1. The summed E-state index contributed by atoms with van der Waals surface area (Å²) in [4.78, 5) is 15.5. The summed E-state index contributed by atoms with van der Waals surface area (Å²) >= 11 is 0. The first kappa shape index (κ1) is 33.4. The smallest absolute Gasteiger partial charge is 0.406 e. The Morgan fingerprint density at radius 3 is 2.48 bits per heavy atom. The number of piperidine rings is 1. The number of urea groups is 1. The van der Waals surface area contributed by atoms with Gasteiger partial charge in [-0.15, -0.1) is 0 Å². The van der Waals surface area contributed by atoms with Crippen molar-refractivity contribution in [2.45, 2.75) is 55.4 Å². The number of rotatable bonds is 8. The third kappa shape index (κ3) is 8.45. The van der Waals surface area contributed by atoms with Gasteiger partial charge in [0.1, 0.15) is 12.3 Å². The highest BCUT2D eigenvalue weighted by Crippen LogP contribution is 2.31. The minimum Gasteiger partial charge on any atom is -0.495 e. The van der Waals surface area contributed by atoms with Gasteiger partial charge in [0.15, 0.2) is 9.84 Å². The van der Waals surface area contributed by atoms with Gasteiger partial charge >= 0.3 is 12.2 Å². The highest BCUT2D eigenvalue weighted by molar-refractivity contribution is 7.90. The molecule has 3 N–H and O–H groups in total. The molecule has 0 bridgehead atoms. The Labute approximate surface area is 266 Å². The molecule has 1 aromatic heterocycles. The van der Waals surface area contributed by atoms with Gasteiger partial charge in [-0.3, -0.25) is 0 Å². The first-order valence-electron chi connectivity index (χ1n) is 15.1. The average Bonchev–Trinajstić information content (AvgIpc) is 3.36. The molecular weight excluding hydrogens is 623 g/mol. The fourth-order valence-corrected chi connectivity index (χ4v) is 6.61. The minimum absolute atomic E-state index is 0.000232. The highest BCUT2D eigenvalue weighted by atomic mass is 32.2. The number of aromatic nitrogens is 1. The number of nitrogens with one attached hydrogen (secondary N) is 3. The Morgan fingerprint density at radius 1 is 1.07 bits per heavy atom. The summed E-state index contributed by atoms with van der Waals surface area (Å²) < 4.78 is 76.4. The van der Waals surface area contributed by atoms with Crippen molar-refractivity contribution in [1.82, 2.24) is 14.8 Å². The minimum atomic E-state index is -4.50. The number of hydrogen-bond donors (Lipinski definition) is 3. The number of sulfone groups is 1. The zero-order valence-electron chi connectivity index (χ0n) is 25.7. The van der Waals surface area contributed by atoms with E-state index in [0.29, 0.717) is 22.8 Å². The summed E-state index contributed by atoms with van der Waals surface area (Å²) in [6, 6.07) is 10.8. The molecule has 0 unspecified atom stereocenters. The number of alkyl halides is 3. The van der Waals surface area contributed by atoms with Gasteiger partial charge in [0.2, 0.25) is 0 Å². The maximum Gasteiger partial charge on any atom is 0.406 e. The van der Waals surface area contributed by atoms with E-state index in [2.05, 4.69) is 32.7 Å². The molecule has 2 fully saturated rings. The number of ether oxygens (including phenoxy) is 2. The predicted molar refractivity (Wildman–Crippen MR) is 170 cm³/mol. The summed E-state index contributed by atoms with van der Waals surface area (Å²) in [6.07, 6.45) is 0.267. The second-order valence-corrected chi connectivity index (χ2v) is 13.5. The maximum absolute atomic E-state index is 13.6. The Balaban J connectivity index is 1.28. The first-order valence-corrected chi connectivity index (χ1v) is 17.0. The van der Waals surface area contributed by atoms with Gasteiger partial charge in [0.25, 0.3) is 0 Å². The van der Waals surface area contributed by atoms with E-state index in [1.165, 1.54) is 31.4 Å². The van der Waals surface area contributed by atoms with E-state index < -0.39 is 28.6 Å². The maximum atomic E-state index is 13.6. The fraction of sp³-hybridized carbons (Fsp3) is 0.469. The second-order valence-electron chi connectivity index (χ2n) is 11.5. The van der Waals surface area contributed by atoms with Crippen LogP contribution in [0, 0.1) is 11.8 Å². The lowest BCUT2D eigenvalue weighted by atomic mass is 10.00. The van der Waals surface area contributed by atoms with E-state index >= 15 is 0 Å². The number of anilines is 2. The van der Waals surface area contributed by atoms with Crippen molar-refractivity contribution in [3.63, 3.8) is 0 Å². The summed E-state index contributed by atoms with van der Waals surface area (Å²) in [6.45, 7) is 2.13. The number of methoxy groups -OCH3 is 1. The lowest BCUT2D eigenvalue weighted by Crippen LogP contribution is -2.49. The normalized spacial score (nSPS) is 16.9. The van der Waals surface area contributed by atoms with Crippen molar-refractivity contribution in [2.75, 3.05) is 56.8 Å². The zero-order valence-corrected chi connectivity index (χ0v) is 26.6. The van der Waals surface area contributed by atoms with E-state index in [1.54, 1.807) is 18.2 Å². The van der Waals surface area contributed by atoms with Gasteiger partial charge in [-0.1, -0.05) is 12.0 Å². The van der Waals surface area contributed by atoms with Crippen LogP contribution < -0.4 is 20.7 Å². The molecule has 46 heavy (non-hydrogen) atoms. The van der Waals surface area contributed by atoms with E-state index in [4.69, 9.17) is 9.47 Å². The van der Waals surface area contributed by atoms with Crippen LogP contribution >= 0.6 is 0 Å². The van der Waals surface area contributed by atoms with Crippen LogP contribution in [0.5, 0.6) is 5.75 Å². The molecule has 0 aliphatic carbocycles. The van der Waals surface area contributed by atoms with Crippen LogP contribution in [0.25, 0.3) is 10.9 Å². The van der Waals surface area contributed by atoms with Crippen LogP contribution in [0.2, 0.25) is 0 Å². The standard InChI is InChI=1S/C32H38F3N5O5S/c1-44-30-20-25(46(2,42)43)8-9-28(30)36-14-4-5-24-19-26-27(6-3-7-29(26)40(24)21-32(33,34)35)38-31(41)37-22-10-15-39(16-11-22)23-12-17-45-18-13-23/h3,6-9,19-20,22-23,36H,10-18,21H2,1-2H3,(H2,37,38,41). The van der Waals surface area contributed by atoms with Crippen molar-refractivity contribution >= 4 is 38.1 Å². The van der Waals surface area contributed by atoms with Crippen LogP contribution in [0.4, 0.5) is 29.3 Å². The number of amides is 2. The molecule has 2 aliphatic heterocycles. The molecule has 3 heterocycles. The highest BCUT2D eigenvalue weighted by Gasteiger charge is 2.30. The van der Waals surface area contributed by atoms with Crippen molar-refractivity contribution in [1.29, 1.82) is 0 Å². The third-order valence-electron chi connectivity index (χ3n) is 8.29. The number of halogens is 3. The average molecular weight is 662 g/mol. The quantitative estimate of drug-likeness (QED) is 0.296. The molecular formula is C32H38F3N5O5S. The Bertz CT molecular complexity index is 1720. The number of carbonyl (C=O) groups is 1. The lowest BCUT2D eigenvalue weighted by Gasteiger charge is -2.39. The van der Waals surface area contributed by atoms with Crippen LogP contribution in [-0.2, 0) is 21.1 Å². The molecule has 0 radical (unpaired) electrons. The molecule has 10 nitrogen and oxygen atoms in total. The summed E-state index contributed by atoms with van der Waals surface area (Å²) in [5, 5.41) is 9.31. The Hall–Kier alpha value is -3.93. The van der Waals surface area contributed by atoms with Gasteiger partial charge in [-0.2, -0.15) is 13.2 Å². The number of fused-ring (bicyclic) bond motifs is 1. The number of likely N-dealkylation sites (tertiary alicyclic amines) is 1. The Kier molecular flexibility index (Phi) is 10.3. The number of benzene rings is 2. The van der Waals surface area contributed by atoms with Crippen LogP contribution in [-0.4, -0.2) is 88.4 Å². The van der Waals surface area contributed by atoms with Gasteiger partial charge in [0.05, 0.1) is 41.1 Å². The van der Waals surface area contributed by atoms with E-state index in [1.807, 2.05) is 0 Å². The van der Waals surface area contributed by atoms with E-state index in [9.17, 15) is 26.4 Å². The largest absolute Gasteiger partial charge is 0.495 e.